The van der Waals surface area contributed by atoms with Crippen LogP contribution in [0.2, 0.25) is 5.02 Å². The summed E-state index contributed by atoms with van der Waals surface area (Å²) in [6, 6.07) is 18.0. The summed E-state index contributed by atoms with van der Waals surface area (Å²) in [6.45, 7) is 2.51. The predicted octanol–water partition coefficient (Wildman–Crippen LogP) is 4.16. The molecule has 4 nitrogen and oxygen atoms in total. The van der Waals surface area contributed by atoms with Crippen LogP contribution < -0.4 is 5.32 Å². The molecular weight excluding hydrogens is 360 g/mol. The Morgan fingerprint density at radius 1 is 1.11 bits per heavy atom. The number of aromatic nitrogens is 1. The highest BCUT2D eigenvalue weighted by molar-refractivity contribution is 6.31. The molecule has 1 aliphatic rings. The second-order valence-electron chi connectivity index (χ2n) is 7.03. The third-order valence-electron chi connectivity index (χ3n) is 5.48. The molecule has 0 spiro atoms. The number of amides is 1. The van der Waals surface area contributed by atoms with Gasteiger partial charge in [-0.15, -0.1) is 0 Å². The number of halogens is 1. The Morgan fingerprint density at radius 2 is 1.89 bits per heavy atom. The van der Waals surface area contributed by atoms with E-state index < -0.39 is 5.41 Å². The molecule has 5 heteroatoms. The highest BCUT2D eigenvalue weighted by atomic mass is 35.5. The number of carbonyl (C=O) groups excluding carboxylic acids is 1. The van der Waals surface area contributed by atoms with Crippen molar-refractivity contribution >= 4 is 28.4 Å². The minimum Gasteiger partial charge on any atom is -0.381 e. The Labute approximate surface area is 164 Å². The molecule has 4 rings (SSSR count). The summed E-state index contributed by atoms with van der Waals surface area (Å²) < 4.78 is 7.65. The molecule has 1 aliphatic heterocycles. The Morgan fingerprint density at radius 3 is 2.67 bits per heavy atom. The normalized spacial score (nSPS) is 16.3. The number of hydrogen-bond acceptors (Lipinski definition) is 2. The first-order valence-electron chi connectivity index (χ1n) is 9.35. The number of fused-ring (bicyclic) bond motifs is 1. The lowest BCUT2D eigenvalue weighted by atomic mass is 9.73. The number of hydrogen-bond donors (Lipinski definition) is 1. The maximum atomic E-state index is 13.2. The molecular formula is C22H23ClN2O2. The molecule has 0 unspecified atom stereocenters. The van der Waals surface area contributed by atoms with E-state index in [0.717, 1.165) is 21.5 Å². The van der Waals surface area contributed by atoms with E-state index >= 15 is 0 Å². The number of ether oxygens (including phenoxy) is 1. The Balaban J connectivity index is 1.48. The summed E-state index contributed by atoms with van der Waals surface area (Å²) in [5, 5.41) is 5.03. The molecule has 1 saturated heterocycles. The topological polar surface area (TPSA) is 43.3 Å². The van der Waals surface area contributed by atoms with E-state index in [4.69, 9.17) is 16.3 Å². The van der Waals surface area contributed by atoms with Gasteiger partial charge in [0.2, 0.25) is 5.91 Å². The largest absolute Gasteiger partial charge is 0.381 e. The summed E-state index contributed by atoms with van der Waals surface area (Å²) in [5.41, 5.74) is 1.66. The zero-order valence-corrected chi connectivity index (χ0v) is 15.9. The molecule has 0 radical (unpaired) electrons. The summed E-state index contributed by atoms with van der Waals surface area (Å²) >= 11 is 6.12. The van der Waals surface area contributed by atoms with Gasteiger partial charge >= 0.3 is 0 Å². The van der Waals surface area contributed by atoms with E-state index in [-0.39, 0.29) is 5.91 Å². The molecule has 27 heavy (non-hydrogen) atoms. The SMILES string of the molecule is O=C(NCCn1ccc2ccc(Cl)cc21)C1(c2ccccc2)CCOCC1. The number of rotatable bonds is 5. The Hall–Kier alpha value is -2.30. The third-order valence-corrected chi connectivity index (χ3v) is 5.72. The second-order valence-corrected chi connectivity index (χ2v) is 7.47. The highest BCUT2D eigenvalue weighted by Crippen LogP contribution is 2.35. The second kappa shape index (κ2) is 7.75. The third kappa shape index (κ3) is 3.60. The fraction of sp³-hybridized carbons (Fsp3) is 0.318. The van der Waals surface area contributed by atoms with Crippen LogP contribution in [0.5, 0.6) is 0 Å². The minimum atomic E-state index is -0.498. The molecule has 1 N–H and O–H groups in total. The van der Waals surface area contributed by atoms with E-state index in [9.17, 15) is 4.79 Å². The van der Waals surface area contributed by atoms with Crippen LogP contribution in [0, 0.1) is 0 Å². The van der Waals surface area contributed by atoms with Crippen molar-refractivity contribution in [3.8, 4) is 0 Å². The first-order valence-corrected chi connectivity index (χ1v) is 9.73. The van der Waals surface area contributed by atoms with Crippen molar-refractivity contribution in [3.05, 3.63) is 71.4 Å². The van der Waals surface area contributed by atoms with Gasteiger partial charge in [-0.3, -0.25) is 4.79 Å². The van der Waals surface area contributed by atoms with Crippen molar-refractivity contribution in [2.24, 2.45) is 0 Å². The molecule has 1 amide bonds. The molecule has 1 aromatic heterocycles. The molecule has 3 aromatic rings. The zero-order valence-electron chi connectivity index (χ0n) is 15.2. The first-order chi connectivity index (χ1) is 13.2. The van der Waals surface area contributed by atoms with E-state index in [1.165, 1.54) is 0 Å². The van der Waals surface area contributed by atoms with Crippen LogP contribution in [0.25, 0.3) is 10.9 Å². The molecule has 2 aromatic carbocycles. The lowest BCUT2D eigenvalue weighted by Crippen LogP contribution is -2.48. The van der Waals surface area contributed by atoms with E-state index in [1.807, 2.05) is 54.7 Å². The smallest absolute Gasteiger partial charge is 0.230 e. The molecule has 0 saturated carbocycles. The number of carbonyl (C=O) groups is 1. The van der Waals surface area contributed by atoms with Crippen molar-refractivity contribution in [3.63, 3.8) is 0 Å². The van der Waals surface area contributed by atoms with Gasteiger partial charge < -0.3 is 14.6 Å². The maximum absolute atomic E-state index is 13.2. The Bertz CT molecular complexity index is 930. The van der Waals surface area contributed by atoms with Crippen molar-refractivity contribution in [2.45, 2.75) is 24.8 Å². The number of nitrogens with zero attached hydrogens (tertiary/aromatic N) is 1. The average molecular weight is 383 g/mol. The molecule has 0 bridgehead atoms. The number of nitrogens with one attached hydrogen (secondary N) is 1. The van der Waals surface area contributed by atoms with E-state index in [1.54, 1.807) is 0 Å². The van der Waals surface area contributed by atoms with Gasteiger partial charge in [0.25, 0.3) is 0 Å². The lowest BCUT2D eigenvalue weighted by molar-refractivity contribution is -0.130. The zero-order chi connectivity index (χ0) is 18.7. The van der Waals surface area contributed by atoms with E-state index in [2.05, 4.69) is 16.0 Å². The van der Waals surface area contributed by atoms with Gasteiger partial charge in [0.1, 0.15) is 0 Å². The van der Waals surface area contributed by atoms with Crippen LogP contribution in [0.3, 0.4) is 0 Å². The van der Waals surface area contributed by atoms with Crippen LogP contribution in [0.15, 0.2) is 60.8 Å². The summed E-state index contributed by atoms with van der Waals surface area (Å²) in [7, 11) is 0. The van der Waals surface area contributed by atoms with Gasteiger partial charge in [-0.2, -0.15) is 0 Å². The summed E-state index contributed by atoms with van der Waals surface area (Å²) in [4.78, 5) is 13.2. The van der Waals surface area contributed by atoms with Crippen LogP contribution in [0.4, 0.5) is 0 Å². The average Bonchev–Trinajstić information content (AvgIpc) is 3.11. The molecule has 0 aliphatic carbocycles. The predicted molar refractivity (Wildman–Crippen MR) is 108 cm³/mol. The first kappa shape index (κ1) is 18.1. The molecule has 1 fully saturated rings. The lowest BCUT2D eigenvalue weighted by Gasteiger charge is -2.36. The van der Waals surface area contributed by atoms with Gasteiger partial charge in [0.15, 0.2) is 0 Å². The summed E-state index contributed by atoms with van der Waals surface area (Å²) in [5.74, 6) is 0.0893. The van der Waals surface area contributed by atoms with Crippen molar-refractivity contribution in [1.82, 2.24) is 9.88 Å². The molecule has 140 valence electrons. The maximum Gasteiger partial charge on any atom is 0.230 e. The fourth-order valence-corrected chi connectivity index (χ4v) is 4.10. The fourth-order valence-electron chi connectivity index (χ4n) is 3.94. The van der Waals surface area contributed by atoms with Crippen LogP contribution >= 0.6 is 11.6 Å². The standard InChI is InChI=1S/C22H23ClN2O2/c23-19-7-6-17-8-12-25(20(17)16-19)13-11-24-21(26)22(9-14-27-15-10-22)18-4-2-1-3-5-18/h1-8,12,16H,9-11,13-15H2,(H,24,26). The summed E-state index contributed by atoms with van der Waals surface area (Å²) in [6.07, 6.45) is 3.46. The monoisotopic (exact) mass is 382 g/mol. The van der Waals surface area contributed by atoms with Crippen LogP contribution in [-0.2, 0) is 21.5 Å². The van der Waals surface area contributed by atoms with Gasteiger partial charge in [0.05, 0.1) is 5.41 Å². The molecule has 0 atom stereocenters. The minimum absolute atomic E-state index is 0.0893. The van der Waals surface area contributed by atoms with Gasteiger partial charge in [-0.1, -0.05) is 48.0 Å². The van der Waals surface area contributed by atoms with Crippen molar-refractivity contribution < 1.29 is 9.53 Å². The van der Waals surface area contributed by atoms with E-state index in [0.29, 0.717) is 39.1 Å². The Kier molecular flexibility index (Phi) is 5.19. The van der Waals surface area contributed by atoms with Crippen LogP contribution in [-0.4, -0.2) is 30.2 Å². The van der Waals surface area contributed by atoms with Crippen molar-refractivity contribution in [2.75, 3.05) is 19.8 Å². The highest BCUT2D eigenvalue weighted by Gasteiger charge is 2.41. The van der Waals surface area contributed by atoms with Gasteiger partial charge in [0, 0.05) is 43.0 Å². The van der Waals surface area contributed by atoms with Gasteiger partial charge in [-0.25, -0.2) is 0 Å². The quantitative estimate of drug-likeness (QED) is 0.720. The van der Waals surface area contributed by atoms with Gasteiger partial charge in [-0.05, 0) is 42.0 Å². The van der Waals surface area contributed by atoms with Crippen LogP contribution in [0.1, 0.15) is 18.4 Å². The molecule has 2 heterocycles. The van der Waals surface area contributed by atoms with Crippen molar-refractivity contribution in [1.29, 1.82) is 0 Å². The number of benzene rings is 2.